The van der Waals surface area contributed by atoms with Crippen molar-refractivity contribution in [3.63, 3.8) is 0 Å². The molecule has 0 atom stereocenters. The molecule has 0 aromatic rings. The maximum absolute atomic E-state index is 5.37. The molecule has 0 amide bonds. The average molecular weight is 146 g/mol. The summed E-state index contributed by atoms with van der Waals surface area (Å²) in [5.41, 5.74) is -0.260. The van der Waals surface area contributed by atoms with Gasteiger partial charge in [0.25, 0.3) is 0 Å². The molecule has 0 aliphatic heterocycles. The summed E-state index contributed by atoms with van der Waals surface area (Å²) < 4.78 is 0. The zero-order valence-corrected chi connectivity index (χ0v) is 6.84. The van der Waals surface area contributed by atoms with Gasteiger partial charge in [-0.15, -0.1) is 26.2 Å². The second-order valence-corrected chi connectivity index (χ2v) is 2.49. The van der Waals surface area contributed by atoms with Crippen molar-refractivity contribution in [2.75, 3.05) is 0 Å². The lowest BCUT2D eigenvalue weighted by molar-refractivity contribution is 0.533. The van der Waals surface area contributed by atoms with Crippen molar-refractivity contribution in [1.29, 1.82) is 0 Å². The van der Waals surface area contributed by atoms with Crippen LogP contribution in [-0.4, -0.2) is 0 Å². The highest BCUT2D eigenvalue weighted by atomic mass is 14.2. The van der Waals surface area contributed by atoms with Gasteiger partial charge in [0.05, 0.1) is 5.41 Å². The Morgan fingerprint density at radius 3 is 1.82 bits per heavy atom. The third-order valence-electron chi connectivity index (χ3n) is 1.70. The van der Waals surface area contributed by atoms with Gasteiger partial charge in [0.1, 0.15) is 0 Å². The third kappa shape index (κ3) is 2.47. The lowest BCUT2D eigenvalue weighted by Crippen LogP contribution is -2.12. The molecule has 0 fully saturated rings. The first kappa shape index (κ1) is 9.78. The monoisotopic (exact) mass is 146 g/mol. The standard InChI is InChI=1S/C11H14/c1-5-9-11(7-3,8-4)10-6-2/h3,5-6,8H,1-2,4,9-10H2. The predicted molar refractivity (Wildman–Crippen MR) is 51.1 cm³/mol. The molecule has 0 heteroatoms. The van der Waals surface area contributed by atoms with Gasteiger partial charge in [0.15, 0.2) is 0 Å². The molecule has 0 radical (unpaired) electrons. The van der Waals surface area contributed by atoms with Gasteiger partial charge >= 0.3 is 0 Å². The van der Waals surface area contributed by atoms with E-state index < -0.39 is 0 Å². The summed E-state index contributed by atoms with van der Waals surface area (Å²) in [6.45, 7) is 11.0. The number of rotatable bonds is 5. The summed E-state index contributed by atoms with van der Waals surface area (Å²) in [5, 5.41) is 0. The molecular formula is C11H14. The number of terminal acetylenes is 1. The van der Waals surface area contributed by atoms with Crippen LogP contribution in [0.15, 0.2) is 38.0 Å². The largest absolute Gasteiger partial charge is 0.119 e. The molecule has 0 unspecified atom stereocenters. The van der Waals surface area contributed by atoms with Gasteiger partial charge in [-0.3, -0.25) is 0 Å². The predicted octanol–water partition coefficient (Wildman–Crippen LogP) is 2.94. The SMILES string of the molecule is C#CC(C=C)(CC=C)CC=C. The Labute approximate surface area is 69.3 Å². The number of allylic oxidation sites excluding steroid dienone is 3. The maximum atomic E-state index is 5.37. The first-order valence-corrected chi connectivity index (χ1v) is 3.58. The van der Waals surface area contributed by atoms with Gasteiger partial charge in [0.2, 0.25) is 0 Å². The molecule has 0 bridgehead atoms. The average Bonchev–Trinajstić information content (AvgIpc) is 2.04. The highest BCUT2D eigenvalue weighted by molar-refractivity contribution is 5.18. The van der Waals surface area contributed by atoms with Crippen molar-refractivity contribution in [3.05, 3.63) is 38.0 Å². The summed E-state index contributed by atoms with van der Waals surface area (Å²) in [4.78, 5) is 0. The van der Waals surface area contributed by atoms with E-state index in [0.29, 0.717) is 0 Å². The summed E-state index contributed by atoms with van der Waals surface area (Å²) in [7, 11) is 0. The van der Waals surface area contributed by atoms with E-state index in [1.54, 1.807) is 6.08 Å². The molecule has 0 aromatic heterocycles. The zero-order valence-electron chi connectivity index (χ0n) is 6.84. The van der Waals surface area contributed by atoms with Crippen LogP contribution < -0.4 is 0 Å². The summed E-state index contributed by atoms with van der Waals surface area (Å²) in [6.07, 6.45) is 12.3. The van der Waals surface area contributed by atoms with Crippen molar-refractivity contribution >= 4 is 0 Å². The van der Waals surface area contributed by atoms with Gasteiger partial charge in [-0.05, 0) is 12.8 Å². The summed E-state index contributed by atoms with van der Waals surface area (Å²) >= 11 is 0. The molecule has 0 heterocycles. The molecule has 0 aliphatic rings. The molecule has 58 valence electrons. The van der Waals surface area contributed by atoms with Gasteiger partial charge in [-0.2, -0.15) is 0 Å². The molecule has 0 aliphatic carbocycles. The fourth-order valence-corrected chi connectivity index (χ4v) is 0.942. The van der Waals surface area contributed by atoms with Crippen LogP contribution in [-0.2, 0) is 0 Å². The highest BCUT2D eigenvalue weighted by Crippen LogP contribution is 2.27. The molecule has 11 heavy (non-hydrogen) atoms. The van der Waals surface area contributed by atoms with E-state index in [2.05, 4.69) is 25.7 Å². The molecule has 0 saturated carbocycles. The second kappa shape index (κ2) is 4.57. The van der Waals surface area contributed by atoms with Crippen LogP contribution in [0.5, 0.6) is 0 Å². The molecule has 0 spiro atoms. The molecule has 0 aromatic carbocycles. The number of hydrogen-bond acceptors (Lipinski definition) is 0. The first-order chi connectivity index (χ1) is 5.24. The van der Waals surface area contributed by atoms with E-state index >= 15 is 0 Å². The van der Waals surface area contributed by atoms with E-state index in [0.717, 1.165) is 12.8 Å². The minimum absolute atomic E-state index is 0.260. The Morgan fingerprint density at radius 2 is 1.64 bits per heavy atom. The Morgan fingerprint density at radius 1 is 1.18 bits per heavy atom. The molecule has 0 rings (SSSR count). The van der Waals surface area contributed by atoms with Crippen molar-refractivity contribution in [2.45, 2.75) is 12.8 Å². The van der Waals surface area contributed by atoms with Crippen molar-refractivity contribution in [3.8, 4) is 12.3 Å². The quantitative estimate of drug-likeness (QED) is 0.413. The van der Waals surface area contributed by atoms with Gasteiger partial charge < -0.3 is 0 Å². The van der Waals surface area contributed by atoms with Crippen molar-refractivity contribution in [1.82, 2.24) is 0 Å². The smallest absolute Gasteiger partial charge is 0.0556 e. The summed E-state index contributed by atoms with van der Waals surface area (Å²) in [5.74, 6) is 2.71. The van der Waals surface area contributed by atoms with Crippen LogP contribution in [0.2, 0.25) is 0 Å². The van der Waals surface area contributed by atoms with E-state index in [9.17, 15) is 0 Å². The molecule has 0 saturated heterocycles. The molecule has 0 nitrogen and oxygen atoms in total. The van der Waals surface area contributed by atoms with E-state index in [4.69, 9.17) is 6.42 Å². The fourth-order valence-electron chi connectivity index (χ4n) is 0.942. The van der Waals surface area contributed by atoms with E-state index in [-0.39, 0.29) is 5.41 Å². The Hall–Kier alpha value is -1.22. The Bertz CT molecular complexity index is 181. The fraction of sp³-hybridized carbons (Fsp3) is 0.273. The van der Waals surface area contributed by atoms with Crippen LogP contribution in [0.25, 0.3) is 0 Å². The van der Waals surface area contributed by atoms with Crippen LogP contribution in [0.3, 0.4) is 0 Å². The lowest BCUT2D eigenvalue weighted by atomic mass is 9.82. The van der Waals surface area contributed by atoms with Crippen LogP contribution in [0.1, 0.15) is 12.8 Å². The maximum Gasteiger partial charge on any atom is 0.0556 e. The van der Waals surface area contributed by atoms with E-state index in [1.165, 1.54) is 0 Å². The van der Waals surface area contributed by atoms with Gasteiger partial charge in [0, 0.05) is 0 Å². The van der Waals surface area contributed by atoms with Crippen LogP contribution in [0.4, 0.5) is 0 Å². The topological polar surface area (TPSA) is 0 Å². The minimum atomic E-state index is -0.260. The Kier molecular flexibility index (Phi) is 4.07. The normalized spacial score (nSPS) is 9.73. The van der Waals surface area contributed by atoms with Crippen molar-refractivity contribution < 1.29 is 0 Å². The van der Waals surface area contributed by atoms with Crippen molar-refractivity contribution in [2.24, 2.45) is 5.41 Å². The summed E-state index contributed by atoms with van der Waals surface area (Å²) in [6, 6.07) is 0. The highest BCUT2D eigenvalue weighted by Gasteiger charge is 2.19. The number of hydrogen-bond donors (Lipinski definition) is 0. The Balaban J connectivity index is 4.46. The van der Waals surface area contributed by atoms with Crippen LogP contribution >= 0.6 is 0 Å². The molecule has 0 N–H and O–H groups in total. The molecular weight excluding hydrogens is 132 g/mol. The second-order valence-electron chi connectivity index (χ2n) is 2.49. The van der Waals surface area contributed by atoms with Gasteiger partial charge in [-0.25, -0.2) is 0 Å². The lowest BCUT2D eigenvalue weighted by Gasteiger charge is -2.20. The first-order valence-electron chi connectivity index (χ1n) is 3.58. The van der Waals surface area contributed by atoms with Crippen LogP contribution in [0, 0.1) is 17.8 Å². The van der Waals surface area contributed by atoms with Gasteiger partial charge in [-0.1, -0.05) is 24.1 Å². The minimum Gasteiger partial charge on any atom is -0.119 e. The third-order valence-corrected chi connectivity index (χ3v) is 1.70. The zero-order chi connectivity index (χ0) is 8.74. The van der Waals surface area contributed by atoms with E-state index in [1.807, 2.05) is 12.2 Å².